The van der Waals surface area contributed by atoms with Crippen LogP contribution < -0.4 is 10.5 Å². The molecule has 1 unspecified atom stereocenters. The third-order valence-electron chi connectivity index (χ3n) is 6.18. The Morgan fingerprint density at radius 3 is 2.34 bits per heavy atom. The SMILES string of the molecule is C[Si](C)(C)CCOCn1nc(/C=C/CC2CN(c3ncc(C(F)(F)F)cn3)CCN2C(=O)O)cc(C(F)(F)F)c1=O. The van der Waals surface area contributed by atoms with E-state index in [2.05, 4.69) is 34.7 Å². The van der Waals surface area contributed by atoms with E-state index in [1.807, 2.05) is 0 Å². The molecule has 1 fully saturated rings. The molecule has 0 radical (unpaired) electrons. The molecule has 41 heavy (non-hydrogen) atoms. The molecule has 1 aliphatic rings. The van der Waals surface area contributed by atoms with Crippen LogP contribution in [0.1, 0.15) is 23.2 Å². The first-order valence-electron chi connectivity index (χ1n) is 12.5. The van der Waals surface area contributed by atoms with Crippen LogP contribution in [0, 0.1) is 0 Å². The third-order valence-corrected chi connectivity index (χ3v) is 7.89. The Labute approximate surface area is 232 Å². The van der Waals surface area contributed by atoms with Gasteiger partial charge in [0.1, 0.15) is 12.3 Å². The fourth-order valence-electron chi connectivity index (χ4n) is 3.93. The van der Waals surface area contributed by atoms with Gasteiger partial charge in [-0.2, -0.15) is 31.4 Å². The first-order chi connectivity index (χ1) is 19.0. The van der Waals surface area contributed by atoms with Crippen LogP contribution in [0.3, 0.4) is 0 Å². The smallest absolute Gasteiger partial charge is 0.421 e. The number of halogens is 6. The molecule has 1 amide bonds. The van der Waals surface area contributed by atoms with Gasteiger partial charge in [0.25, 0.3) is 5.56 Å². The van der Waals surface area contributed by atoms with Crippen molar-refractivity contribution in [2.75, 3.05) is 31.1 Å². The molecule has 1 N–H and O–H groups in total. The average Bonchev–Trinajstić information content (AvgIpc) is 2.86. The highest BCUT2D eigenvalue weighted by atomic mass is 28.3. The third kappa shape index (κ3) is 9.01. The molecule has 17 heteroatoms. The monoisotopic (exact) mass is 608 g/mol. The van der Waals surface area contributed by atoms with Crippen LogP contribution in [0.5, 0.6) is 0 Å². The summed E-state index contributed by atoms with van der Waals surface area (Å²) in [6.45, 7) is 6.23. The zero-order valence-corrected chi connectivity index (χ0v) is 23.5. The van der Waals surface area contributed by atoms with Gasteiger partial charge in [0.15, 0.2) is 0 Å². The van der Waals surface area contributed by atoms with E-state index < -0.39 is 56.0 Å². The van der Waals surface area contributed by atoms with Gasteiger partial charge in [0.05, 0.1) is 17.3 Å². The predicted molar refractivity (Wildman–Crippen MR) is 139 cm³/mol. The van der Waals surface area contributed by atoms with E-state index in [1.165, 1.54) is 17.1 Å². The molecule has 1 aliphatic heterocycles. The van der Waals surface area contributed by atoms with Crippen LogP contribution in [0.15, 0.2) is 29.3 Å². The number of carbonyl (C=O) groups is 1. The minimum Gasteiger partial charge on any atom is -0.465 e. The molecule has 3 heterocycles. The number of anilines is 1. The van der Waals surface area contributed by atoms with Crippen molar-refractivity contribution >= 4 is 26.2 Å². The van der Waals surface area contributed by atoms with E-state index in [4.69, 9.17) is 4.74 Å². The number of hydrogen-bond acceptors (Lipinski definition) is 7. The van der Waals surface area contributed by atoms with Crippen LogP contribution in [0.4, 0.5) is 37.1 Å². The normalized spacial score (nSPS) is 17.0. The number of piperazine rings is 1. The van der Waals surface area contributed by atoms with Gasteiger partial charge in [-0.1, -0.05) is 25.7 Å². The first kappa shape index (κ1) is 32.0. The lowest BCUT2D eigenvalue weighted by Crippen LogP contribution is -2.55. The summed E-state index contributed by atoms with van der Waals surface area (Å²) in [7, 11) is -1.47. The molecule has 226 valence electrons. The van der Waals surface area contributed by atoms with Crippen molar-refractivity contribution in [3.8, 4) is 0 Å². The number of rotatable bonds is 9. The molecule has 0 bridgehead atoms. The quantitative estimate of drug-likeness (QED) is 0.249. The highest BCUT2D eigenvalue weighted by Gasteiger charge is 2.36. The van der Waals surface area contributed by atoms with Gasteiger partial charge in [-0.25, -0.2) is 19.4 Å². The van der Waals surface area contributed by atoms with Crippen molar-refractivity contribution in [2.24, 2.45) is 0 Å². The van der Waals surface area contributed by atoms with Crippen molar-refractivity contribution in [2.45, 2.75) is 57.2 Å². The minimum absolute atomic E-state index is 0.00562. The molecule has 0 spiro atoms. The molecule has 3 rings (SSSR count). The van der Waals surface area contributed by atoms with Gasteiger partial charge < -0.3 is 19.6 Å². The molecular weight excluding hydrogens is 578 g/mol. The van der Waals surface area contributed by atoms with Crippen LogP contribution >= 0.6 is 0 Å². The number of ether oxygens (including phenoxy) is 1. The Bertz CT molecular complexity index is 1290. The van der Waals surface area contributed by atoms with Gasteiger partial charge in [-0.15, -0.1) is 0 Å². The second-order valence-corrected chi connectivity index (χ2v) is 16.2. The maximum absolute atomic E-state index is 13.5. The summed E-state index contributed by atoms with van der Waals surface area (Å²) in [6.07, 6.45) is -6.84. The minimum atomic E-state index is -4.94. The van der Waals surface area contributed by atoms with Crippen LogP contribution in [-0.4, -0.2) is 76.2 Å². The maximum Gasteiger partial charge on any atom is 0.421 e. The molecule has 0 saturated carbocycles. The maximum atomic E-state index is 13.5. The molecular formula is C24H30F6N6O4Si. The van der Waals surface area contributed by atoms with Crippen molar-refractivity contribution in [1.29, 1.82) is 0 Å². The molecule has 1 atom stereocenters. The fraction of sp³-hybridized carbons (Fsp3) is 0.542. The van der Waals surface area contributed by atoms with Crippen molar-refractivity contribution < 1.29 is 41.0 Å². The Morgan fingerprint density at radius 2 is 1.78 bits per heavy atom. The first-order valence-corrected chi connectivity index (χ1v) is 16.2. The Hall–Kier alpha value is -3.47. The second-order valence-electron chi connectivity index (χ2n) is 10.6. The number of alkyl halides is 6. The van der Waals surface area contributed by atoms with E-state index in [1.54, 1.807) is 0 Å². The number of amides is 1. The lowest BCUT2D eigenvalue weighted by Gasteiger charge is -2.39. The molecule has 1 saturated heterocycles. The van der Waals surface area contributed by atoms with Crippen LogP contribution in [0.2, 0.25) is 25.7 Å². The predicted octanol–water partition coefficient (Wildman–Crippen LogP) is 4.66. The standard InChI is InChI=1S/C24H30F6N6O4Si/c1-41(2,3)10-9-40-15-36-20(37)19(24(28,29)30)11-17(33-36)5-4-6-18-14-34(7-8-35(18)22(38)39)21-31-12-16(13-32-21)23(25,26)27/h4-5,11-13,18H,6-10,14-15H2,1-3H3,(H,38,39)/b5-4+. The molecule has 10 nitrogen and oxygen atoms in total. The van der Waals surface area contributed by atoms with Crippen LogP contribution in [-0.2, 0) is 23.8 Å². The second kappa shape index (κ2) is 12.6. The van der Waals surface area contributed by atoms with Gasteiger partial charge in [0, 0.05) is 46.7 Å². The van der Waals surface area contributed by atoms with Gasteiger partial charge >= 0.3 is 18.4 Å². The van der Waals surface area contributed by atoms with E-state index in [9.17, 15) is 41.0 Å². The summed E-state index contributed by atoms with van der Waals surface area (Å²) >= 11 is 0. The number of aromatic nitrogens is 4. The summed E-state index contributed by atoms with van der Waals surface area (Å²) < 4.78 is 85.2. The summed E-state index contributed by atoms with van der Waals surface area (Å²) in [5.74, 6) is -0.0188. The van der Waals surface area contributed by atoms with Gasteiger partial charge in [-0.3, -0.25) is 4.79 Å². The lowest BCUT2D eigenvalue weighted by atomic mass is 10.1. The topological polar surface area (TPSA) is 114 Å². The molecule has 2 aromatic heterocycles. The summed E-state index contributed by atoms with van der Waals surface area (Å²) in [5, 5.41) is 13.6. The number of carboxylic acid groups (broad SMARTS) is 1. The van der Waals surface area contributed by atoms with E-state index in [0.29, 0.717) is 23.1 Å². The van der Waals surface area contributed by atoms with Crippen molar-refractivity contribution in [3.05, 3.63) is 51.7 Å². The van der Waals surface area contributed by atoms with Gasteiger partial charge in [-0.05, 0) is 24.6 Å². The zero-order valence-electron chi connectivity index (χ0n) is 22.5. The summed E-state index contributed by atoms with van der Waals surface area (Å²) in [6, 6.07) is 0.625. The lowest BCUT2D eigenvalue weighted by molar-refractivity contribution is -0.139. The Morgan fingerprint density at radius 1 is 1.12 bits per heavy atom. The van der Waals surface area contributed by atoms with E-state index in [-0.39, 0.29) is 44.3 Å². The Balaban J connectivity index is 1.78. The number of nitrogens with zero attached hydrogens (tertiary/aromatic N) is 6. The summed E-state index contributed by atoms with van der Waals surface area (Å²) in [5.41, 5.74) is -3.99. The zero-order chi connectivity index (χ0) is 30.6. The van der Waals surface area contributed by atoms with Gasteiger partial charge in [0.2, 0.25) is 5.95 Å². The molecule has 2 aromatic rings. The highest BCUT2D eigenvalue weighted by molar-refractivity contribution is 6.76. The fourth-order valence-corrected chi connectivity index (χ4v) is 4.69. The van der Waals surface area contributed by atoms with E-state index >= 15 is 0 Å². The van der Waals surface area contributed by atoms with Crippen molar-refractivity contribution in [1.82, 2.24) is 24.6 Å². The summed E-state index contributed by atoms with van der Waals surface area (Å²) in [4.78, 5) is 34.3. The highest BCUT2D eigenvalue weighted by Crippen LogP contribution is 2.29. The largest absolute Gasteiger partial charge is 0.465 e. The molecule has 0 aliphatic carbocycles. The molecule has 0 aromatic carbocycles. The van der Waals surface area contributed by atoms with Crippen LogP contribution in [0.25, 0.3) is 6.08 Å². The van der Waals surface area contributed by atoms with Crippen molar-refractivity contribution in [3.63, 3.8) is 0 Å². The average molecular weight is 609 g/mol. The Kier molecular flexibility index (Phi) is 9.84. The number of hydrogen-bond donors (Lipinski definition) is 1. The van der Waals surface area contributed by atoms with E-state index in [0.717, 1.165) is 10.9 Å².